The van der Waals surface area contributed by atoms with Crippen LogP contribution in [0.15, 0.2) is 96.6 Å². The SMILES string of the molecule is CC(C)(C)c1[c-]c2c(cc1)-c1ccc(C(C)(C)C)cc1C2.CC(C)(C)c1cc[c-]cc1.CC(C)(C)c1cc[c-]cc1.CC1[C-]=CC(C(C)(C)C)=C1.Cl.Cl.[CH2]=[Zr]. The van der Waals surface area contributed by atoms with Crippen LogP contribution in [0.4, 0.5) is 0 Å². The van der Waals surface area contributed by atoms with E-state index < -0.39 is 0 Å². The van der Waals surface area contributed by atoms with Crippen molar-refractivity contribution < 1.29 is 24.2 Å². The Hall–Kier alpha value is -2.31. The number of fused-ring (bicyclic) bond motifs is 3. The molecule has 0 bridgehead atoms. The standard InChI is InChI=1S/C21H25.C10H15.2C10H13.CH2.2ClH.Zr/c1-20(2,3)16-7-9-18-14(12-16)11-15-13-17(21(4,5)6)8-10-19(15)18;1-8-5-6-9(7-8)10(2,3)4;2*1-10(2,3)9-7-5-4-6-8-9;;;;/h7-10,12H,11H2,1-6H3;6-8H,1-4H3;2*5-8H,1-3H3;1H2;2*1H;/q4*-1;;;;. The van der Waals surface area contributed by atoms with Gasteiger partial charge in [-0.25, -0.2) is 6.08 Å². The number of rotatable bonds is 0. The van der Waals surface area contributed by atoms with E-state index in [0.29, 0.717) is 11.3 Å². The van der Waals surface area contributed by atoms with E-state index >= 15 is 0 Å². The first-order chi connectivity index (χ1) is 24.4. The van der Waals surface area contributed by atoms with E-state index in [9.17, 15) is 0 Å². The van der Waals surface area contributed by atoms with Crippen molar-refractivity contribution in [1.82, 2.24) is 0 Å². The molecular weight excluding hydrogens is 787 g/mol. The fraction of sp³-hybridized carbons (Fsp3) is 0.442. The third kappa shape index (κ3) is 17.0. The molecule has 300 valence electrons. The number of hydrogen-bond acceptors (Lipinski definition) is 0. The van der Waals surface area contributed by atoms with Crippen LogP contribution in [0.5, 0.6) is 0 Å². The van der Waals surface area contributed by atoms with E-state index in [4.69, 9.17) is 0 Å². The molecule has 2 aliphatic rings. The summed E-state index contributed by atoms with van der Waals surface area (Å²) in [5.74, 6) is 0.522. The van der Waals surface area contributed by atoms with Gasteiger partial charge in [0.1, 0.15) is 0 Å². The Balaban J connectivity index is 0.000000735. The Morgan fingerprint density at radius 1 is 0.545 bits per heavy atom. The maximum atomic E-state index is 3.67. The van der Waals surface area contributed by atoms with Crippen molar-refractivity contribution in [1.29, 1.82) is 0 Å². The van der Waals surface area contributed by atoms with E-state index in [1.54, 1.807) is 0 Å². The molecule has 0 nitrogen and oxygen atoms in total. The van der Waals surface area contributed by atoms with Crippen LogP contribution in [0.2, 0.25) is 0 Å². The number of halogens is 2. The molecule has 0 N–H and O–H groups in total. The van der Waals surface area contributed by atoms with Crippen molar-refractivity contribution in [3.8, 4) is 11.1 Å². The summed E-state index contributed by atoms with van der Waals surface area (Å²) >= 11 is 1.30. The molecule has 3 heteroatoms. The van der Waals surface area contributed by atoms with Crippen molar-refractivity contribution >= 4 is 29.0 Å². The molecule has 0 saturated heterocycles. The monoisotopic (exact) mass is 854 g/mol. The van der Waals surface area contributed by atoms with Gasteiger partial charge in [-0.15, -0.1) is 35.9 Å². The molecule has 6 rings (SSSR count). The normalized spacial score (nSPS) is 14.2. The second-order valence-corrected chi connectivity index (χ2v) is 19.4. The molecule has 0 radical (unpaired) electrons. The van der Waals surface area contributed by atoms with Gasteiger partial charge in [0.15, 0.2) is 0 Å². The van der Waals surface area contributed by atoms with Crippen molar-refractivity contribution in [2.75, 3.05) is 0 Å². The molecule has 0 spiro atoms. The van der Waals surface area contributed by atoms with Gasteiger partial charge in [0, 0.05) is 0 Å². The number of benzene rings is 4. The van der Waals surface area contributed by atoms with Gasteiger partial charge in [-0.2, -0.15) is 107 Å². The molecule has 2 aliphatic carbocycles. The van der Waals surface area contributed by atoms with E-state index in [1.165, 1.54) is 74.3 Å². The van der Waals surface area contributed by atoms with Crippen LogP contribution in [-0.4, -0.2) is 4.21 Å². The fourth-order valence-electron chi connectivity index (χ4n) is 5.85. The minimum absolute atomic E-state index is 0. The predicted molar refractivity (Wildman–Crippen MR) is 245 cm³/mol. The zero-order chi connectivity index (χ0) is 40.4. The van der Waals surface area contributed by atoms with Gasteiger partial charge >= 0.3 is 28.4 Å². The maximum absolute atomic E-state index is 3.67. The van der Waals surface area contributed by atoms with Gasteiger partial charge < -0.3 is 0 Å². The van der Waals surface area contributed by atoms with Gasteiger partial charge in [-0.05, 0) is 39.2 Å². The number of allylic oxidation sites excluding steroid dienone is 4. The fourth-order valence-corrected chi connectivity index (χ4v) is 5.85. The molecule has 1 unspecified atom stereocenters. The number of hydrogen-bond donors (Lipinski definition) is 0. The topological polar surface area (TPSA) is 0 Å². The first-order valence-electron chi connectivity index (χ1n) is 19.2. The molecule has 0 amide bonds. The zero-order valence-electron chi connectivity index (χ0n) is 37.0. The molecule has 4 aromatic carbocycles. The predicted octanol–water partition coefficient (Wildman–Crippen LogP) is 15.0. The third-order valence-electron chi connectivity index (χ3n) is 9.43. The summed E-state index contributed by atoms with van der Waals surface area (Å²) in [6, 6.07) is 37.5. The summed E-state index contributed by atoms with van der Waals surface area (Å²) < 4.78 is 3.34. The second-order valence-electron chi connectivity index (χ2n) is 19.4. The quantitative estimate of drug-likeness (QED) is 0.136. The van der Waals surface area contributed by atoms with E-state index in [0.717, 1.165) is 6.42 Å². The van der Waals surface area contributed by atoms with Gasteiger partial charge in [-0.3, -0.25) is 6.08 Å². The van der Waals surface area contributed by atoms with Gasteiger partial charge in [-0.1, -0.05) is 146 Å². The molecule has 4 aromatic rings. The molecular formula is C52H70Cl2Zr-4. The summed E-state index contributed by atoms with van der Waals surface area (Å²) in [5.41, 5.74) is 13.7. The van der Waals surface area contributed by atoms with Crippen LogP contribution in [0.3, 0.4) is 0 Å². The van der Waals surface area contributed by atoms with Crippen molar-refractivity contribution in [3.63, 3.8) is 0 Å². The minimum atomic E-state index is 0. The van der Waals surface area contributed by atoms with Gasteiger partial charge in [0.25, 0.3) is 0 Å². The molecule has 0 aliphatic heterocycles. The summed E-state index contributed by atoms with van der Waals surface area (Å²) in [7, 11) is 0. The first kappa shape index (κ1) is 52.7. The van der Waals surface area contributed by atoms with Crippen LogP contribution >= 0.6 is 24.8 Å². The van der Waals surface area contributed by atoms with Crippen LogP contribution in [0.25, 0.3) is 11.1 Å². The third-order valence-corrected chi connectivity index (χ3v) is 9.43. The Kier molecular flexibility index (Phi) is 21.1. The Morgan fingerprint density at radius 2 is 0.982 bits per heavy atom. The van der Waals surface area contributed by atoms with Gasteiger partial charge in [0.2, 0.25) is 0 Å². The van der Waals surface area contributed by atoms with Crippen molar-refractivity contribution in [2.45, 2.75) is 139 Å². The molecule has 0 saturated carbocycles. The van der Waals surface area contributed by atoms with Gasteiger partial charge in [0.05, 0.1) is 0 Å². The molecule has 0 aromatic heterocycles. The summed E-state index contributed by atoms with van der Waals surface area (Å²) in [6.45, 7) is 35.7. The Bertz CT molecular complexity index is 1670. The summed E-state index contributed by atoms with van der Waals surface area (Å²) in [4.78, 5) is 0. The van der Waals surface area contributed by atoms with Crippen LogP contribution in [-0.2, 0) is 52.3 Å². The van der Waals surface area contributed by atoms with E-state index in [2.05, 4.69) is 206 Å². The second kappa shape index (κ2) is 22.0. The molecule has 0 fully saturated rings. The molecule has 55 heavy (non-hydrogen) atoms. The van der Waals surface area contributed by atoms with Crippen molar-refractivity contribution in [2.24, 2.45) is 11.3 Å². The Labute approximate surface area is 366 Å². The Morgan fingerprint density at radius 3 is 1.31 bits per heavy atom. The average Bonchev–Trinajstić information content (AvgIpc) is 3.69. The summed E-state index contributed by atoms with van der Waals surface area (Å²) in [6.07, 6.45) is 8.68. The average molecular weight is 857 g/mol. The van der Waals surface area contributed by atoms with Crippen molar-refractivity contribution in [3.05, 3.63) is 154 Å². The first-order valence-corrected chi connectivity index (χ1v) is 20.9. The van der Waals surface area contributed by atoms with E-state index in [-0.39, 0.29) is 46.5 Å². The van der Waals surface area contributed by atoms with Crippen LogP contribution in [0.1, 0.15) is 144 Å². The van der Waals surface area contributed by atoms with E-state index in [1.807, 2.05) is 24.3 Å². The van der Waals surface area contributed by atoms with Crippen LogP contribution in [0, 0.1) is 35.6 Å². The molecule has 1 atom stereocenters. The molecule has 0 heterocycles. The summed E-state index contributed by atoms with van der Waals surface area (Å²) in [5, 5.41) is 0. The van der Waals surface area contributed by atoms with Crippen LogP contribution < -0.4 is 0 Å². The zero-order valence-corrected chi connectivity index (χ0v) is 41.1.